The number of nitrogens with two attached hydrogens (primary N) is 1. The molecule has 0 radical (unpaired) electrons. The standard InChI is InChI=1S/C16H24BrNO3/c1-3-20-16(19)7-5-4-6-10-21-15-11-13(17)8-9-14(15)12(2)18/h8-9,11-12H,3-7,10,18H2,1-2H3. The van der Waals surface area contributed by atoms with Crippen molar-refractivity contribution in [3.05, 3.63) is 28.2 Å². The van der Waals surface area contributed by atoms with Crippen LogP contribution in [0.4, 0.5) is 0 Å². The number of rotatable bonds is 9. The maximum Gasteiger partial charge on any atom is 0.305 e. The van der Waals surface area contributed by atoms with E-state index in [4.69, 9.17) is 15.2 Å². The smallest absolute Gasteiger partial charge is 0.305 e. The first-order valence-corrected chi connectivity index (χ1v) is 8.17. The number of halogens is 1. The Morgan fingerprint density at radius 1 is 1.33 bits per heavy atom. The van der Waals surface area contributed by atoms with Crippen LogP contribution < -0.4 is 10.5 Å². The summed E-state index contributed by atoms with van der Waals surface area (Å²) in [5, 5.41) is 0. The van der Waals surface area contributed by atoms with E-state index in [9.17, 15) is 4.79 Å². The lowest BCUT2D eigenvalue weighted by Gasteiger charge is -2.14. The molecule has 0 saturated heterocycles. The molecular formula is C16H24BrNO3. The van der Waals surface area contributed by atoms with Crippen LogP contribution in [0.3, 0.4) is 0 Å². The van der Waals surface area contributed by atoms with Crippen molar-refractivity contribution in [2.45, 2.75) is 45.6 Å². The van der Waals surface area contributed by atoms with Crippen LogP contribution in [0.2, 0.25) is 0 Å². The Hall–Kier alpha value is -1.07. The first kappa shape index (κ1) is 18.0. The van der Waals surface area contributed by atoms with Crippen LogP contribution in [0, 0.1) is 0 Å². The van der Waals surface area contributed by atoms with Crippen LogP contribution in [-0.4, -0.2) is 19.2 Å². The molecule has 0 bridgehead atoms. The molecule has 1 atom stereocenters. The summed E-state index contributed by atoms with van der Waals surface area (Å²) < 4.78 is 11.7. The van der Waals surface area contributed by atoms with Gasteiger partial charge in [0.15, 0.2) is 0 Å². The van der Waals surface area contributed by atoms with Crippen molar-refractivity contribution in [3.8, 4) is 5.75 Å². The first-order chi connectivity index (χ1) is 10.0. The summed E-state index contributed by atoms with van der Waals surface area (Å²) in [6.45, 7) is 4.83. The van der Waals surface area contributed by atoms with Crippen molar-refractivity contribution >= 4 is 21.9 Å². The van der Waals surface area contributed by atoms with Crippen LogP contribution in [0.15, 0.2) is 22.7 Å². The van der Waals surface area contributed by atoms with Gasteiger partial charge in [0.25, 0.3) is 0 Å². The number of benzene rings is 1. The Labute approximate surface area is 135 Å². The van der Waals surface area contributed by atoms with E-state index in [0.717, 1.165) is 35.0 Å². The maximum atomic E-state index is 11.2. The van der Waals surface area contributed by atoms with Gasteiger partial charge in [0.2, 0.25) is 0 Å². The van der Waals surface area contributed by atoms with Crippen molar-refractivity contribution in [1.82, 2.24) is 0 Å². The van der Waals surface area contributed by atoms with E-state index < -0.39 is 0 Å². The van der Waals surface area contributed by atoms with Gasteiger partial charge >= 0.3 is 5.97 Å². The molecule has 118 valence electrons. The quantitative estimate of drug-likeness (QED) is 0.536. The molecule has 2 N–H and O–H groups in total. The largest absolute Gasteiger partial charge is 0.493 e. The van der Waals surface area contributed by atoms with Gasteiger partial charge in [0.05, 0.1) is 13.2 Å². The minimum atomic E-state index is -0.121. The third-order valence-electron chi connectivity index (χ3n) is 3.05. The molecule has 0 aliphatic heterocycles. The lowest BCUT2D eigenvalue weighted by atomic mass is 10.1. The Kier molecular flexibility index (Phi) is 8.38. The second kappa shape index (κ2) is 9.79. The fourth-order valence-electron chi connectivity index (χ4n) is 1.97. The van der Waals surface area contributed by atoms with Gasteiger partial charge in [-0.1, -0.05) is 22.0 Å². The fourth-order valence-corrected chi connectivity index (χ4v) is 2.31. The number of carbonyl (C=O) groups excluding carboxylic acids is 1. The summed E-state index contributed by atoms with van der Waals surface area (Å²) in [7, 11) is 0. The van der Waals surface area contributed by atoms with Crippen molar-refractivity contribution in [2.75, 3.05) is 13.2 Å². The van der Waals surface area contributed by atoms with E-state index in [1.54, 1.807) is 0 Å². The maximum absolute atomic E-state index is 11.2. The van der Waals surface area contributed by atoms with Gasteiger partial charge in [0.1, 0.15) is 5.75 Å². The molecular weight excluding hydrogens is 334 g/mol. The normalized spacial score (nSPS) is 12.0. The molecule has 5 heteroatoms. The summed E-state index contributed by atoms with van der Waals surface area (Å²) in [5.41, 5.74) is 6.94. The van der Waals surface area contributed by atoms with Crippen LogP contribution in [0.5, 0.6) is 5.75 Å². The zero-order valence-electron chi connectivity index (χ0n) is 12.7. The second-order valence-electron chi connectivity index (χ2n) is 4.93. The van der Waals surface area contributed by atoms with Crippen molar-refractivity contribution in [2.24, 2.45) is 5.73 Å². The van der Waals surface area contributed by atoms with Crippen LogP contribution in [0.25, 0.3) is 0 Å². The molecule has 0 spiro atoms. The molecule has 1 aromatic carbocycles. The predicted octanol–water partition coefficient (Wildman–Crippen LogP) is 3.97. The van der Waals surface area contributed by atoms with Gasteiger partial charge in [-0.3, -0.25) is 4.79 Å². The number of hydrogen-bond donors (Lipinski definition) is 1. The molecule has 0 heterocycles. The molecule has 0 fully saturated rings. The fraction of sp³-hybridized carbons (Fsp3) is 0.562. The molecule has 0 saturated carbocycles. The van der Waals surface area contributed by atoms with Gasteiger partial charge in [-0.05, 0) is 45.2 Å². The highest BCUT2D eigenvalue weighted by Crippen LogP contribution is 2.27. The highest BCUT2D eigenvalue weighted by molar-refractivity contribution is 9.10. The van der Waals surface area contributed by atoms with Gasteiger partial charge in [-0.25, -0.2) is 0 Å². The third kappa shape index (κ3) is 6.96. The van der Waals surface area contributed by atoms with E-state index >= 15 is 0 Å². The monoisotopic (exact) mass is 357 g/mol. The third-order valence-corrected chi connectivity index (χ3v) is 3.55. The molecule has 4 nitrogen and oxygen atoms in total. The summed E-state index contributed by atoms with van der Waals surface area (Å²) in [6.07, 6.45) is 3.17. The number of unbranched alkanes of at least 4 members (excludes halogenated alkanes) is 2. The average Bonchev–Trinajstić information content (AvgIpc) is 2.42. The molecule has 1 aromatic rings. The molecule has 0 amide bonds. The first-order valence-electron chi connectivity index (χ1n) is 7.38. The second-order valence-corrected chi connectivity index (χ2v) is 5.85. The zero-order chi connectivity index (χ0) is 15.7. The van der Waals surface area contributed by atoms with Crippen molar-refractivity contribution in [1.29, 1.82) is 0 Å². The summed E-state index contributed by atoms with van der Waals surface area (Å²) in [6, 6.07) is 5.82. The number of esters is 1. The van der Waals surface area contributed by atoms with E-state index in [2.05, 4.69) is 15.9 Å². The van der Waals surface area contributed by atoms with E-state index in [0.29, 0.717) is 19.6 Å². The topological polar surface area (TPSA) is 61.5 Å². The molecule has 0 aliphatic carbocycles. The Morgan fingerprint density at radius 2 is 2.10 bits per heavy atom. The molecule has 1 rings (SSSR count). The zero-order valence-corrected chi connectivity index (χ0v) is 14.3. The summed E-state index contributed by atoms with van der Waals surface area (Å²) in [4.78, 5) is 11.2. The summed E-state index contributed by atoms with van der Waals surface area (Å²) in [5.74, 6) is 0.703. The minimum absolute atomic E-state index is 0.0584. The van der Waals surface area contributed by atoms with Gasteiger partial charge in [-0.2, -0.15) is 0 Å². The highest BCUT2D eigenvalue weighted by atomic mass is 79.9. The number of hydrogen-bond acceptors (Lipinski definition) is 4. The summed E-state index contributed by atoms with van der Waals surface area (Å²) >= 11 is 3.44. The van der Waals surface area contributed by atoms with E-state index in [-0.39, 0.29) is 12.0 Å². The molecule has 21 heavy (non-hydrogen) atoms. The predicted molar refractivity (Wildman–Crippen MR) is 87.3 cm³/mol. The van der Waals surface area contributed by atoms with Crippen LogP contribution >= 0.6 is 15.9 Å². The van der Waals surface area contributed by atoms with Gasteiger partial charge < -0.3 is 15.2 Å². The van der Waals surface area contributed by atoms with Crippen LogP contribution in [-0.2, 0) is 9.53 Å². The molecule has 0 aromatic heterocycles. The minimum Gasteiger partial charge on any atom is -0.493 e. The average molecular weight is 358 g/mol. The van der Waals surface area contributed by atoms with Crippen LogP contribution in [0.1, 0.15) is 51.1 Å². The molecule has 1 unspecified atom stereocenters. The Morgan fingerprint density at radius 3 is 2.76 bits per heavy atom. The van der Waals surface area contributed by atoms with Gasteiger partial charge in [0, 0.05) is 22.5 Å². The Balaban J connectivity index is 2.29. The lowest BCUT2D eigenvalue weighted by molar-refractivity contribution is -0.143. The van der Waals surface area contributed by atoms with E-state index in [1.165, 1.54) is 0 Å². The van der Waals surface area contributed by atoms with E-state index in [1.807, 2.05) is 32.0 Å². The highest BCUT2D eigenvalue weighted by Gasteiger charge is 2.08. The Bertz CT molecular complexity index is 449. The van der Waals surface area contributed by atoms with Crippen molar-refractivity contribution < 1.29 is 14.3 Å². The lowest BCUT2D eigenvalue weighted by Crippen LogP contribution is -2.09. The number of carbonyl (C=O) groups is 1. The van der Waals surface area contributed by atoms with Gasteiger partial charge in [-0.15, -0.1) is 0 Å². The number of ether oxygens (including phenoxy) is 2. The van der Waals surface area contributed by atoms with Crippen molar-refractivity contribution in [3.63, 3.8) is 0 Å². The SMILES string of the molecule is CCOC(=O)CCCCCOc1cc(Br)ccc1C(C)N. The molecule has 0 aliphatic rings.